The van der Waals surface area contributed by atoms with E-state index in [9.17, 15) is 19.2 Å². The topological polar surface area (TPSA) is 90.0 Å². The number of benzene rings is 1. The van der Waals surface area contributed by atoms with Crippen LogP contribution in [-0.4, -0.2) is 76.7 Å². The lowest BCUT2D eigenvalue weighted by atomic mass is 9.98. The molecule has 3 fully saturated rings. The molecule has 4 rings (SSSR count). The molecule has 1 aliphatic carbocycles. The first-order chi connectivity index (χ1) is 14.8. The van der Waals surface area contributed by atoms with Gasteiger partial charge < -0.3 is 15.1 Å². The smallest absolute Gasteiger partial charge is 0.325 e. The van der Waals surface area contributed by atoms with Crippen molar-refractivity contribution in [3.63, 3.8) is 0 Å². The maximum atomic E-state index is 12.8. The molecule has 3 aliphatic rings. The number of imide groups is 1. The number of nitrogens with one attached hydrogen (secondary N) is 1. The predicted octanol–water partition coefficient (Wildman–Crippen LogP) is 1.96. The van der Waals surface area contributed by atoms with E-state index in [1.165, 1.54) is 5.56 Å². The van der Waals surface area contributed by atoms with Gasteiger partial charge in [0.15, 0.2) is 0 Å². The van der Waals surface area contributed by atoms with Gasteiger partial charge in [0.1, 0.15) is 12.1 Å². The quantitative estimate of drug-likeness (QED) is 0.746. The van der Waals surface area contributed by atoms with Gasteiger partial charge in [0.05, 0.1) is 0 Å². The number of carbonyl (C=O) groups is 4. The van der Waals surface area contributed by atoms with E-state index in [1.807, 2.05) is 24.3 Å². The second kappa shape index (κ2) is 8.32. The summed E-state index contributed by atoms with van der Waals surface area (Å²) in [4.78, 5) is 55.0. The molecule has 1 saturated carbocycles. The molecular weight excluding hydrogens is 396 g/mol. The van der Waals surface area contributed by atoms with Gasteiger partial charge in [-0.05, 0) is 36.5 Å². The number of piperazine rings is 1. The molecule has 2 saturated heterocycles. The zero-order chi connectivity index (χ0) is 22.2. The Labute approximate surface area is 182 Å². The molecule has 166 valence electrons. The van der Waals surface area contributed by atoms with E-state index in [2.05, 4.69) is 19.2 Å². The van der Waals surface area contributed by atoms with Crippen LogP contribution in [0.5, 0.6) is 0 Å². The highest BCUT2D eigenvalue weighted by Crippen LogP contribution is 2.35. The molecule has 0 atom stereocenters. The van der Waals surface area contributed by atoms with Crippen LogP contribution in [-0.2, 0) is 9.59 Å². The minimum absolute atomic E-state index is 0.0420. The molecule has 1 spiro atoms. The van der Waals surface area contributed by atoms with Crippen LogP contribution in [0.25, 0.3) is 0 Å². The van der Waals surface area contributed by atoms with Crippen LogP contribution in [0, 0.1) is 0 Å². The first-order valence-electron chi connectivity index (χ1n) is 11.1. The van der Waals surface area contributed by atoms with Gasteiger partial charge in [-0.25, -0.2) is 4.79 Å². The highest BCUT2D eigenvalue weighted by Gasteiger charge is 2.52. The predicted molar refractivity (Wildman–Crippen MR) is 114 cm³/mol. The van der Waals surface area contributed by atoms with Crippen molar-refractivity contribution in [1.29, 1.82) is 0 Å². The van der Waals surface area contributed by atoms with Crippen LogP contribution in [0.15, 0.2) is 24.3 Å². The van der Waals surface area contributed by atoms with E-state index in [0.29, 0.717) is 50.5 Å². The summed E-state index contributed by atoms with van der Waals surface area (Å²) in [5.41, 5.74) is 1.03. The lowest BCUT2D eigenvalue weighted by molar-refractivity contribution is -0.139. The fourth-order valence-electron chi connectivity index (χ4n) is 4.72. The van der Waals surface area contributed by atoms with Gasteiger partial charge >= 0.3 is 6.03 Å². The minimum atomic E-state index is -0.798. The van der Waals surface area contributed by atoms with Crippen molar-refractivity contribution >= 4 is 23.8 Å². The van der Waals surface area contributed by atoms with Gasteiger partial charge in [-0.1, -0.05) is 38.8 Å². The standard InChI is InChI=1S/C23H30N4O4/c1-16(2)17-5-7-18(8-6-17)20(29)26-13-11-25(12-14-26)19(28)15-27-21(30)23(24-22(27)31)9-3-4-10-23/h5-8,16H,3-4,9-15H2,1-2H3,(H,24,31). The Bertz CT molecular complexity index is 881. The van der Waals surface area contributed by atoms with E-state index >= 15 is 0 Å². The Morgan fingerprint density at radius 2 is 1.55 bits per heavy atom. The Balaban J connectivity index is 1.31. The average Bonchev–Trinajstić information content (AvgIpc) is 3.34. The zero-order valence-electron chi connectivity index (χ0n) is 18.2. The molecule has 1 aromatic rings. The Kier molecular flexibility index (Phi) is 5.73. The van der Waals surface area contributed by atoms with Crippen LogP contribution in [0.3, 0.4) is 0 Å². The third-order valence-electron chi connectivity index (χ3n) is 6.74. The molecule has 0 bridgehead atoms. The van der Waals surface area contributed by atoms with Gasteiger partial charge in [0, 0.05) is 31.7 Å². The molecule has 2 aliphatic heterocycles. The van der Waals surface area contributed by atoms with E-state index in [4.69, 9.17) is 0 Å². The summed E-state index contributed by atoms with van der Waals surface area (Å²) in [5, 5.41) is 2.80. The molecule has 0 aromatic heterocycles. The van der Waals surface area contributed by atoms with Crippen molar-refractivity contribution in [1.82, 2.24) is 20.0 Å². The molecular formula is C23H30N4O4. The van der Waals surface area contributed by atoms with E-state index in [-0.39, 0.29) is 24.3 Å². The number of rotatable bonds is 4. The van der Waals surface area contributed by atoms with Crippen molar-refractivity contribution in [3.8, 4) is 0 Å². The normalized spacial score (nSPS) is 20.7. The highest BCUT2D eigenvalue weighted by molar-refractivity contribution is 6.09. The summed E-state index contributed by atoms with van der Waals surface area (Å²) < 4.78 is 0. The lowest BCUT2D eigenvalue weighted by Crippen LogP contribution is -2.53. The summed E-state index contributed by atoms with van der Waals surface area (Å²) in [5.74, 6) is -0.166. The maximum absolute atomic E-state index is 12.8. The fraction of sp³-hybridized carbons (Fsp3) is 0.565. The Morgan fingerprint density at radius 1 is 0.968 bits per heavy atom. The van der Waals surface area contributed by atoms with Gasteiger partial charge in [0.2, 0.25) is 5.91 Å². The largest absolute Gasteiger partial charge is 0.338 e. The van der Waals surface area contributed by atoms with Crippen LogP contribution in [0.2, 0.25) is 0 Å². The van der Waals surface area contributed by atoms with Crippen LogP contribution < -0.4 is 5.32 Å². The van der Waals surface area contributed by atoms with Gasteiger partial charge in [0.25, 0.3) is 11.8 Å². The SMILES string of the molecule is CC(C)c1ccc(C(=O)N2CCN(C(=O)CN3C(=O)NC4(CCCC4)C3=O)CC2)cc1. The molecule has 1 N–H and O–H groups in total. The summed E-state index contributed by atoms with van der Waals surface area (Å²) in [6.45, 7) is 5.63. The Morgan fingerprint density at radius 3 is 2.13 bits per heavy atom. The molecule has 0 radical (unpaired) electrons. The van der Waals surface area contributed by atoms with E-state index in [0.717, 1.165) is 17.7 Å². The third kappa shape index (κ3) is 4.03. The van der Waals surface area contributed by atoms with Gasteiger partial charge in [-0.3, -0.25) is 19.3 Å². The molecule has 5 amide bonds. The number of amides is 5. The third-order valence-corrected chi connectivity index (χ3v) is 6.74. The number of nitrogens with zero attached hydrogens (tertiary/aromatic N) is 3. The van der Waals surface area contributed by atoms with Crippen LogP contribution in [0.4, 0.5) is 4.79 Å². The van der Waals surface area contributed by atoms with Crippen LogP contribution in [0.1, 0.15) is 61.4 Å². The molecule has 8 nitrogen and oxygen atoms in total. The fourth-order valence-corrected chi connectivity index (χ4v) is 4.72. The monoisotopic (exact) mass is 426 g/mol. The zero-order valence-corrected chi connectivity index (χ0v) is 18.2. The van der Waals surface area contributed by atoms with Gasteiger partial charge in [-0.15, -0.1) is 0 Å². The second-order valence-corrected chi connectivity index (χ2v) is 9.06. The van der Waals surface area contributed by atoms with Crippen molar-refractivity contribution < 1.29 is 19.2 Å². The van der Waals surface area contributed by atoms with Crippen molar-refractivity contribution in [3.05, 3.63) is 35.4 Å². The lowest BCUT2D eigenvalue weighted by Gasteiger charge is -2.35. The molecule has 2 heterocycles. The summed E-state index contributed by atoms with van der Waals surface area (Å²) in [6.07, 6.45) is 3.09. The summed E-state index contributed by atoms with van der Waals surface area (Å²) >= 11 is 0. The summed E-state index contributed by atoms with van der Waals surface area (Å²) in [7, 11) is 0. The maximum Gasteiger partial charge on any atom is 0.325 e. The first kappa shape index (κ1) is 21.3. The van der Waals surface area contributed by atoms with Crippen molar-refractivity contribution in [2.45, 2.75) is 51.0 Å². The summed E-state index contributed by atoms with van der Waals surface area (Å²) in [6, 6.07) is 7.19. The minimum Gasteiger partial charge on any atom is -0.338 e. The van der Waals surface area contributed by atoms with Gasteiger partial charge in [-0.2, -0.15) is 0 Å². The molecule has 8 heteroatoms. The van der Waals surface area contributed by atoms with E-state index < -0.39 is 11.6 Å². The second-order valence-electron chi connectivity index (χ2n) is 9.06. The van der Waals surface area contributed by atoms with Crippen molar-refractivity contribution in [2.24, 2.45) is 0 Å². The van der Waals surface area contributed by atoms with E-state index in [1.54, 1.807) is 9.80 Å². The number of carbonyl (C=O) groups excluding carboxylic acids is 4. The van der Waals surface area contributed by atoms with Crippen molar-refractivity contribution in [2.75, 3.05) is 32.7 Å². The average molecular weight is 427 g/mol. The number of hydrogen-bond donors (Lipinski definition) is 1. The molecule has 0 unspecified atom stereocenters. The van der Waals surface area contributed by atoms with Crippen LogP contribution >= 0.6 is 0 Å². The molecule has 31 heavy (non-hydrogen) atoms. The number of hydrogen-bond acceptors (Lipinski definition) is 4. The highest BCUT2D eigenvalue weighted by atomic mass is 16.2. The number of urea groups is 1. The Hall–Kier alpha value is -2.90. The molecule has 1 aromatic carbocycles. The first-order valence-corrected chi connectivity index (χ1v) is 11.1.